The zero-order valence-electron chi connectivity index (χ0n) is 10.3. The quantitative estimate of drug-likeness (QED) is 0.796. The number of nitrogens with zero attached hydrogens (tertiary/aromatic N) is 2. The van der Waals surface area contributed by atoms with E-state index in [9.17, 15) is 4.79 Å². The Labute approximate surface area is 112 Å². The smallest absolute Gasteiger partial charge is 0.240 e. The molecular formula is C12H18N4OS. The number of carbonyl (C=O) groups excluding carboxylic acids is 1. The molecule has 18 heavy (non-hydrogen) atoms. The van der Waals surface area contributed by atoms with E-state index in [0.29, 0.717) is 11.9 Å². The molecule has 1 aliphatic rings. The van der Waals surface area contributed by atoms with Crippen molar-refractivity contribution in [1.82, 2.24) is 14.9 Å². The molecule has 0 aliphatic heterocycles. The third-order valence-corrected chi connectivity index (χ3v) is 3.40. The van der Waals surface area contributed by atoms with E-state index in [-0.39, 0.29) is 17.4 Å². The molecule has 6 heteroatoms. The minimum atomic E-state index is -0.00241. The van der Waals surface area contributed by atoms with Crippen LogP contribution in [0.5, 0.6) is 0 Å². The summed E-state index contributed by atoms with van der Waals surface area (Å²) in [6.45, 7) is 0.225. The molecule has 3 N–H and O–H groups in total. The molecule has 1 fully saturated rings. The first-order valence-electron chi connectivity index (χ1n) is 6.27. The van der Waals surface area contributed by atoms with E-state index in [1.807, 2.05) is 0 Å². The minimum absolute atomic E-state index is 0.00241. The van der Waals surface area contributed by atoms with Crippen LogP contribution in [-0.4, -0.2) is 26.5 Å². The van der Waals surface area contributed by atoms with E-state index < -0.39 is 0 Å². The number of rotatable bonds is 4. The van der Waals surface area contributed by atoms with E-state index >= 15 is 0 Å². The van der Waals surface area contributed by atoms with Gasteiger partial charge in [0.25, 0.3) is 0 Å². The number of hydrogen-bond acceptors (Lipinski definition) is 3. The lowest BCUT2D eigenvalue weighted by molar-refractivity contribution is -0.122. The van der Waals surface area contributed by atoms with Crippen LogP contribution in [0.25, 0.3) is 0 Å². The maximum Gasteiger partial charge on any atom is 0.240 e. The minimum Gasteiger partial charge on any atom is -0.387 e. The summed E-state index contributed by atoms with van der Waals surface area (Å²) in [6, 6.07) is 0.322. The summed E-state index contributed by atoms with van der Waals surface area (Å²) in [5.41, 5.74) is 5.54. The summed E-state index contributed by atoms with van der Waals surface area (Å²) in [7, 11) is 0. The summed E-state index contributed by atoms with van der Waals surface area (Å²) in [4.78, 5) is 16.2. The van der Waals surface area contributed by atoms with Crippen LogP contribution < -0.4 is 11.1 Å². The molecular weight excluding hydrogens is 248 g/mol. The van der Waals surface area contributed by atoms with Crippen LogP contribution in [0.1, 0.15) is 37.9 Å². The van der Waals surface area contributed by atoms with Gasteiger partial charge < -0.3 is 15.6 Å². The van der Waals surface area contributed by atoms with E-state index in [2.05, 4.69) is 10.3 Å². The molecule has 1 aromatic rings. The van der Waals surface area contributed by atoms with Gasteiger partial charge in [0.15, 0.2) is 5.82 Å². The Morgan fingerprint density at radius 3 is 2.89 bits per heavy atom. The average Bonchev–Trinajstić information content (AvgIpc) is 2.78. The molecule has 1 heterocycles. The molecule has 98 valence electrons. The number of nitrogens with two attached hydrogens (primary N) is 1. The topological polar surface area (TPSA) is 72.9 Å². The first-order valence-corrected chi connectivity index (χ1v) is 6.68. The Morgan fingerprint density at radius 2 is 2.22 bits per heavy atom. The van der Waals surface area contributed by atoms with Gasteiger partial charge >= 0.3 is 0 Å². The Bertz CT molecular complexity index is 437. The van der Waals surface area contributed by atoms with Crippen molar-refractivity contribution in [1.29, 1.82) is 0 Å². The van der Waals surface area contributed by atoms with Crippen molar-refractivity contribution in [3.63, 3.8) is 0 Å². The normalized spacial score (nSPS) is 16.4. The largest absolute Gasteiger partial charge is 0.387 e. The zero-order valence-corrected chi connectivity index (χ0v) is 11.1. The maximum atomic E-state index is 11.9. The van der Waals surface area contributed by atoms with Crippen LogP contribution in [0.2, 0.25) is 0 Å². The van der Waals surface area contributed by atoms with Crippen LogP contribution in [-0.2, 0) is 11.3 Å². The average molecular weight is 266 g/mol. The van der Waals surface area contributed by atoms with Gasteiger partial charge in [-0.25, -0.2) is 4.98 Å². The highest BCUT2D eigenvalue weighted by Gasteiger charge is 2.16. The fourth-order valence-corrected chi connectivity index (χ4v) is 2.51. The number of aromatic nitrogens is 2. The number of hydrogen-bond donors (Lipinski definition) is 2. The van der Waals surface area contributed by atoms with Crippen molar-refractivity contribution >= 4 is 23.1 Å². The number of nitrogens with one attached hydrogen (secondary N) is 1. The summed E-state index contributed by atoms with van der Waals surface area (Å²) >= 11 is 4.88. The first kappa shape index (κ1) is 13.0. The van der Waals surface area contributed by atoms with Gasteiger partial charge in [-0.05, 0) is 12.8 Å². The molecule has 1 amide bonds. The lowest BCUT2D eigenvalue weighted by Crippen LogP contribution is -2.38. The summed E-state index contributed by atoms with van der Waals surface area (Å²) in [5, 5.41) is 3.05. The van der Waals surface area contributed by atoms with Crippen molar-refractivity contribution in [2.45, 2.75) is 44.7 Å². The van der Waals surface area contributed by atoms with Crippen molar-refractivity contribution in [2.75, 3.05) is 0 Å². The third kappa shape index (κ3) is 3.29. The predicted octanol–water partition coefficient (Wildman–Crippen LogP) is 0.966. The highest BCUT2D eigenvalue weighted by molar-refractivity contribution is 7.80. The maximum absolute atomic E-state index is 11.9. The third-order valence-electron chi connectivity index (χ3n) is 3.22. The van der Waals surface area contributed by atoms with Gasteiger partial charge in [-0.3, -0.25) is 4.79 Å². The van der Waals surface area contributed by atoms with E-state index in [1.165, 1.54) is 19.3 Å². The molecule has 0 atom stereocenters. The van der Waals surface area contributed by atoms with Gasteiger partial charge in [0.1, 0.15) is 11.5 Å². The van der Waals surface area contributed by atoms with Crippen LogP contribution in [0.4, 0.5) is 0 Å². The Morgan fingerprint density at radius 1 is 1.50 bits per heavy atom. The molecule has 5 nitrogen and oxygen atoms in total. The van der Waals surface area contributed by atoms with Crippen LogP contribution >= 0.6 is 12.2 Å². The van der Waals surface area contributed by atoms with Gasteiger partial charge in [-0.15, -0.1) is 0 Å². The highest BCUT2D eigenvalue weighted by Crippen LogP contribution is 2.17. The number of amides is 1. The zero-order chi connectivity index (χ0) is 13.0. The van der Waals surface area contributed by atoms with Crippen molar-refractivity contribution in [3.8, 4) is 0 Å². The highest BCUT2D eigenvalue weighted by atomic mass is 32.1. The van der Waals surface area contributed by atoms with Crippen LogP contribution in [0.15, 0.2) is 12.4 Å². The Hall–Kier alpha value is -1.43. The lowest BCUT2D eigenvalue weighted by atomic mass is 9.95. The number of imidazole rings is 1. The Balaban J connectivity index is 1.90. The molecule has 0 spiro atoms. The second-order valence-electron chi connectivity index (χ2n) is 4.65. The van der Waals surface area contributed by atoms with Crippen molar-refractivity contribution in [2.24, 2.45) is 5.73 Å². The molecule has 0 saturated heterocycles. The van der Waals surface area contributed by atoms with E-state index in [1.54, 1.807) is 17.0 Å². The second kappa shape index (κ2) is 5.95. The molecule has 1 aromatic heterocycles. The van der Waals surface area contributed by atoms with Gasteiger partial charge in [-0.2, -0.15) is 0 Å². The van der Waals surface area contributed by atoms with Crippen LogP contribution in [0.3, 0.4) is 0 Å². The van der Waals surface area contributed by atoms with Gasteiger partial charge in [0.05, 0.1) is 0 Å². The van der Waals surface area contributed by atoms with Gasteiger partial charge in [0.2, 0.25) is 5.91 Å². The van der Waals surface area contributed by atoms with Gasteiger partial charge in [0, 0.05) is 18.4 Å². The molecule has 0 aromatic carbocycles. The SMILES string of the molecule is NC(=S)c1nccn1CC(=O)NC1CCCCC1. The molecule has 1 saturated carbocycles. The standard InChI is InChI=1S/C12H18N4OS/c13-11(18)12-14-6-7-16(12)8-10(17)15-9-4-2-1-3-5-9/h6-7,9H,1-5,8H2,(H2,13,18)(H,15,17). The summed E-state index contributed by atoms with van der Waals surface area (Å²) in [5.74, 6) is 0.487. The number of carbonyl (C=O) groups is 1. The molecule has 2 rings (SSSR count). The Kier molecular flexibility index (Phi) is 4.30. The van der Waals surface area contributed by atoms with E-state index in [0.717, 1.165) is 12.8 Å². The lowest BCUT2D eigenvalue weighted by Gasteiger charge is -2.22. The van der Waals surface area contributed by atoms with Crippen molar-refractivity contribution < 1.29 is 4.79 Å². The van der Waals surface area contributed by atoms with Crippen LogP contribution in [0, 0.1) is 0 Å². The fourth-order valence-electron chi connectivity index (χ4n) is 2.34. The van der Waals surface area contributed by atoms with Crippen molar-refractivity contribution in [3.05, 3.63) is 18.2 Å². The first-order chi connectivity index (χ1) is 8.66. The molecule has 0 unspecified atom stereocenters. The predicted molar refractivity (Wildman–Crippen MR) is 73.1 cm³/mol. The summed E-state index contributed by atoms with van der Waals surface area (Å²) < 4.78 is 1.68. The molecule has 0 radical (unpaired) electrons. The monoisotopic (exact) mass is 266 g/mol. The van der Waals surface area contributed by atoms with E-state index in [4.69, 9.17) is 18.0 Å². The number of thiocarbonyl (C=S) groups is 1. The fraction of sp³-hybridized carbons (Fsp3) is 0.583. The second-order valence-corrected chi connectivity index (χ2v) is 5.09. The molecule has 0 bridgehead atoms. The summed E-state index contributed by atoms with van der Waals surface area (Å²) in [6.07, 6.45) is 9.16. The van der Waals surface area contributed by atoms with Gasteiger partial charge in [-0.1, -0.05) is 31.5 Å². The molecule has 1 aliphatic carbocycles.